The molecule has 0 aliphatic rings. The van der Waals surface area contributed by atoms with E-state index in [-0.39, 0.29) is 31.7 Å². The molecule has 4 rings (SSSR count). The van der Waals surface area contributed by atoms with Gasteiger partial charge in [-0.3, -0.25) is 4.79 Å². The average molecular weight is 508 g/mol. The zero-order valence-electron chi connectivity index (χ0n) is 17.5. The van der Waals surface area contributed by atoms with Gasteiger partial charge in [0.1, 0.15) is 16.9 Å². The Hall–Kier alpha value is -3.12. The van der Waals surface area contributed by atoms with Gasteiger partial charge in [0, 0.05) is 26.2 Å². The minimum absolute atomic E-state index is 0.0246. The maximum atomic E-state index is 13.0. The highest BCUT2D eigenvalue weighted by molar-refractivity contribution is 7.89. The van der Waals surface area contributed by atoms with Crippen molar-refractivity contribution in [2.24, 2.45) is 5.14 Å². The van der Waals surface area contributed by atoms with Crippen LogP contribution in [0.4, 0.5) is 11.5 Å². The van der Waals surface area contributed by atoms with Crippen molar-refractivity contribution >= 4 is 55.8 Å². The lowest BCUT2D eigenvalue weighted by molar-refractivity contribution is 0.598. The number of hydrogen-bond acceptors (Lipinski definition) is 7. The Balaban J connectivity index is 1.96. The van der Waals surface area contributed by atoms with Crippen molar-refractivity contribution in [3.05, 3.63) is 68.2 Å². The number of benzene rings is 2. The molecule has 2 aromatic carbocycles. The molecule has 33 heavy (non-hydrogen) atoms. The Kier molecular flexibility index (Phi) is 5.83. The maximum absolute atomic E-state index is 13.0. The first kappa shape index (κ1) is 23.1. The molecule has 0 unspecified atom stereocenters. The minimum Gasteiger partial charge on any atom is -0.399 e. The number of sulfonamides is 1. The van der Waals surface area contributed by atoms with E-state index in [1.807, 2.05) is 12.1 Å². The largest absolute Gasteiger partial charge is 0.399 e. The molecule has 0 saturated carbocycles. The fraction of sp³-hybridized carbons (Fsp3) is 0.150. The molecule has 0 aliphatic heterocycles. The summed E-state index contributed by atoms with van der Waals surface area (Å²) in [6.07, 6.45) is 0.333. The van der Waals surface area contributed by atoms with E-state index in [1.165, 1.54) is 16.8 Å². The molecule has 0 bridgehead atoms. The quantitative estimate of drug-likeness (QED) is 0.350. The number of aromatic amines is 1. The lowest BCUT2D eigenvalue weighted by atomic mass is 10.1. The highest BCUT2D eigenvalue weighted by Crippen LogP contribution is 2.34. The van der Waals surface area contributed by atoms with Crippen molar-refractivity contribution in [3.63, 3.8) is 0 Å². The summed E-state index contributed by atoms with van der Waals surface area (Å²) >= 11 is 12.8. The summed E-state index contributed by atoms with van der Waals surface area (Å²) in [6.45, 7) is 0. The van der Waals surface area contributed by atoms with Crippen LogP contribution in [0.25, 0.3) is 16.7 Å². The fourth-order valence-corrected chi connectivity index (χ4v) is 4.68. The molecular formula is C20H19Cl2N7O3S. The second-order valence-corrected chi connectivity index (χ2v) is 9.92. The minimum atomic E-state index is -4.03. The third kappa shape index (κ3) is 4.40. The molecule has 0 atom stereocenters. The fourth-order valence-electron chi connectivity index (χ4n) is 3.34. The van der Waals surface area contributed by atoms with Gasteiger partial charge in [-0.1, -0.05) is 35.3 Å². The van der Waals surface area contributed by atoms with E-state index in [1.54, 1.807) is 31.1 Å². The monoisotopic (exact) mass is 507 g/mol. The topological polar surface area (TPSA) is 153 Å². The number of halogens is 2. The number of nitrogens with zero attached hydrogens (tertiary/aromatic N) is 4. The van der Waals surface area contributed by atoms with Gasteiger partial charge < -0.3 is 15.6 Å². The molecule has 10 nitrogen and oxygen atoms in total. The van der Waals surface area contributed by atoms with Crippen molar-refractivity contribution in [2.75, 3.05) is 24.7 Å². The van der Waals surface area contributed by atoms with Gasteiger partial charge in [-0.05, 0) is 29.8 Å². The summed E-state index contributed by atoms with van der Waals surface area (Å²) in [5.41, 5.74) is 7.23. The molecule has 13 heteroatoms. The van der Waals surface area contributed by atoms with Crippen LogP contribution in [0.1, 0.15) is 11.4 Å². The number of fused-ring (bicyclic) bond motifs is 1. The SMILES string of the molecule is CN(C)c1nn(-c2c(Cl)cc(S(N)(=O)=O)cc2Cl)c2nc(Cc3ccc(N)cc3)[nH]c(=O)c12. The first-order valence-electron chi connectivity index (χ1n) is 9.51. The number of aromatic nitrogens is 4. The van der Waals surface area contributed by atoms with Crippen LogP contribution in [-0.2, 0) is 16.4 Å². The van der Waals surface area contributed by atoms with Crippen LogP contribution in [0.5, 0.6) is 0 Å². The Labute approximate surface area is 198 Å². The summed E-state index contributed by atoms with van der Waals surface area (Å²) in [5.74, 6) is 0.720. The molecule has 0 spiro atoms. The number of hydrogen-bond donors (Lipinski definition) is 3. The average Bonchev–Trinajstić information content (AvgIpc) is 3.09. The van der Waals surface area contributed by atoms with E-state index >= 15 is 0 Å². The molecule has 0 radical (unpaired) electrons. The van der Waals surface area contributed by atoms with Gasteiger partial charge in [0.15, 0.2) is 11.5 Å². The third-order valence-corrected chi connectivity index (χ3v) is 6.34. The summed E-state index contributed by atoms with van der Waals surface area (Å²) < 4.78 is 24.8. The van der Waals surface area contributed by atoms with Crippen LogP contribution in [-0.4, -0.2) is 42.3 Å². The predicted octanol–water partition coefficient (Wildman–Crippen LogP) is 2.30. The van der Waals surface area contributed by atoms with Crippen LogP contribution in [0.2, 0.25) is 10.0 Å². The van der Waals surface area contributed by atoms with Gasteiger partial charge in [-0.15, -0.1) is 5.10 Å². The number of nitrogens with one attached hydrogen (secondary N) is 1. The van der Waals surface area contributed by atoms with Gasteiger partial charge in [0.05, 0.1) is 14.9 Å². The Morgan fingerprint density at radius 3 is 2.27 bits per heavy atom. The molecule has 0 fully saturated rings. The Bertz CT molecular complexity index is 1520. The predicted molar refractivity (Wildman–Crippen MR) is 129 cm³/mol. The second-order valence-electron chi connectivity index (χ2n) is 7.54. The van der Waals surface area contributed by atoms with Gasteiger partial charge in [0.2, 0.25) is 10.0 Å². The van der Waals surface area contributed by atoms with Crippen LogP contribution in [0, 0.1) is 0 Å². The van der Waals surface area contributed by atoms with E-state index in [9.17, 15) is 13.2 Å². The lowest BCUT2D eigenvalue weighted by Gasteiger charge is -2.11. The zero-order chi connectivity index (χ0) is 24.1. The Morgan fingerprint density at radius 2 is 1.73 bits per heavy atom. The van der Waals surface area contributed by atoms with Gasteiger partial charge >= 0.3 is 0 Å². The maximum Gasteiger partial charge on any atom is 0.264 e. The van der Waals surface area contributed by atoms with Crippen molar-refractivity contribution < 1.29 is 8.42 Å². The number of rotatable bonds is 5. The smallest absolute Gasteiger partial charge is 0.264 e. The van der Waals surface area contributed by atoms with E-state index in [0.717, 1.165) is 5.56 Å². The summed E-state index contributed by atoms with van der Waals surface area (Å²) in [6, 6.07) is 9.52. The molecule has 0 amide bonds. The van der Waals surface area contributed by atoms with E-state index in [4.69, 9.17) is 34.1 Å². The normalized spacial score (nSPS) is 11.8. The van der Waals surface area contributed by atoms with E-state index in [0.29, 0.717) is 23.8 Å². The molecule has 2 heterocycles. The molecule has 0 saturated heterocycles. The molecule has 172 valence electrons. The molecule has 4 aromatic rings. The van der Waals surface area contributed by atoms with E-state index < -0.39 is 15.6 Å². The van der Waals surface area contributed by atoms with Crippen LogP contribution in [0.15, 0.2) is 46.1 Å². The molecule has 2 aromatic heterocycles. The van der Waals surface area contributed by atoms with Crippen molar-refractivity contribution in [3.8, 4) is 5.69 Å². The van der Waals surface area contributed by atoms with Gasteiger partial charge in [-0.25, -0.2) is 23.2 Å². The van der Waals surface area contributed by atoms with Gasteiger partial charge in [-0.2, -0.15) is 0 Å². The standard InChI is InChI=1S/C20H19Cl2N7O3S/c1-28(2)19-16-18(25-15(26-20(16)30)7-10-3-5-11(23)6-4-10)29(27-19)17-13(21)8-12(9-14(17)22)33(24,31)32/h3-6,8-9H,7,23H2,1-2H3,(H2,24,31,32)(H,25,26,30). The highest BCUT2D eigenvalue weighted by Gasteiger charge is 2.24. The van der Waals surface area contributed by atoms with Crippen molar-refractivity contribution in [1.29, 1.82) is 0 Å². The first-order chi connectivity index (χ1) is 15.5. The van der Waals surface area contributed by atoms with Crippen LogP contribution in [0.3, 0.4) is 0 Å². The summed E-state index contributed by atoms with van der Waals surface area (Å²) in [5, 5.41) is 9.86. The molecule has 5 N–H and O–H groups in total. The second kappa shape index (κ2) is 8.34. The number of anilines is 2. The number of H-pyrrole nitrogens is 1. The number of nitrogen functional groups attached to an aromatic ring is 1. The van der Waals surface area contributed by atoms with Crippen molar-refractivity contribution in [1.82, 2.24) is 19.7 Å². The molecular weight excluding hydrogens is 489 g/mol. The Morgan fingerprint density at radius 1 is 1.12 bits per heavy atom. The molecule has 0 aliphatic carbocycles. The summed E-state index contributed by atoms with van der Waals surface area (Å²) in [4.78, 5) is 21.8. The van der Waals surface area contributed by atoms with Gasteiger partial charge in [0.25, 0.3) is 5.56 Å². The summed E-state index contributed by atoms with van der Waals surface area (Å²) in [7, 11) is -0.588. The van der Waals surface area contributed by atoms with Crippen LogP contribution < -0.4 is 21.3 Å². The third-order valence-electron chi connectivity index (χ3n) is 4.87. The zero-order valence-corrected chi connectivity index (χ0v) is 19.8. The number of primary sulfonamides is 1. The number of nitrogens with two attached hydrogens (primary N) is 2. The lowest BCUT2D eigenvalue weighted by Crippen LogP contribution is -2.16. The van der Waals surface area contributed by atoms with Crippen molar-refractivity contribution in [2.45, 2.75) is 11.3 Å². The van der Waals surface area contributed by atoms with E-state index in [2.05, 4.69) is 15.1 Å². The van der Waals surface area contributed by atoms with Crippen LogP contribution >= 0.6 is 23.2 Å². The highest BCUT2D eigenvalue weighted by atomic mass is 35.5. The first-order valence-corrected chi connectivity index (χ1v) is 11.8.